The molecule has 1 saturated heterocycles. The highest BCUT2D eigenvalue weighted by Gasteiger charge is 2.19. The summed E-state index contributed by atoms with van der Waals surface area (Å²) in [6, 6.07) is 0. The fourth-order valence-corrected chi connectivity index (χ4v) is 2.74. The molecule has 1 aliphatic rings. The van der Waals surface area contributed by atoms with Crippen LogP contribution in [0.1, 0.15) is 33.6 Å². The van der Waals surface area contributed by atoms with Gasteiger partial charge in [-0.15, -0.1) is 0 Å². The highest BCUT2D eigenvalue weighted by Crippen LogP contribution is 2.15. The van der Waals surface area contributed by atoms with Crippen LogP contribution in [0.4, 0.5) is 5.82 Å². The summed E-state index contributed by atoms with van der Waals surface area (Å²) in [7, 11) is 2.15. The lowest BCUT2D eigenvalue weighted by Gasteiger charge is -2.30. The lowest BCUT2D eigenvalue weighted by molar-refractivity contribution is 0.217. The molecule has 1 aromatic heterocycles. The highest BCUT2D eigenvalue weighted by atomic mass is 16.1. The Balaban J connectivity index is 2.05. The van der Waals surface area contributed by atoms with E-state index in [1.165, 1.54) is 19.4 Å². The van der Waals surface area contributed by atoms with Gasteiger partial charge in [-0.25, -0.2) is 4.98 Å². The van der Waals surface area contributed by atoms with Crippen LogP contribution in [0.15, 0.2) is 17.2 Å². The van der Waals surface area contributed by atoms with E-state index in [1.54, 1.807) is 17.0 Å². The van der Waals surface area contributed by atoms with Gasteiger partial charge in [-0.2, -0.15) is 0 Å². The average molecular weight is 278 g/mol. The van der Waals surface area contributed by atoms with Crippen molar-refractivity contribution >= 4 is 5.82 Å². The quantitative estimate of drug-likeness (QED) is 0.915. The minimum absolute atomic E-state index is 0.0378. The molecule has 0 aromatic carbocycles. The summed E-state index contributed by atoms with van der Waals surface area (Å²) in [5.41, 5.74) is -0.259. The molecule has 20 heavy (non-hydrogen) atoms. The van der Waals surface area contributed by atoms with Crippen LogP contribution < -0.4 is 10.9 Å². The Hall–Kier alpha value is -1.36. The van der Waals surface area contributed by atoms with Crippen molar-refractivity contribution in [3.8, 4) is 0 Å². The molecule has 0 spiro atoms. The van der Waals surface area contributed by atoms with Gasteiger partial charge in [0.1, 0.15) is 0 Å². The Morgan fingerprint density at radius 3 is 2.85 bits per heavy atom. The summed E-state index contributed by atoms with van der Waals surface area (Å²) >= 11 is 0. The molecule has 1 N–H and O–H groups in total. The summed E-state index contributed by atoms with van der Waals surface area (Å²) in [5.74, 6) is 1.06. The molecule has 0 bridgehead atoms. The van der Waals surface area contributed by atoms with E-state index >= 15 is 0 Å². The maximum Gasteiger partial charge on any atom is 0.293 e. The molecule has 0 aliphatic carbocycles. The van der Waals surface area contributed by atoms with E-state index in [9.17, 15) is 4.79 Å². The fraction of sp³-hybridized carbons (Fsp3) is 0.733. The van der Waals surface area contributed by atoms with Crippen molar-refractivity contribution in [2.24, 2.45) is 5.92 Å². The van der Waals surface area contributed by atoms with Gasteiger partial charge in [0.2, 0.25) is 0 Å². The van der Waals surface area contributed by atoms with E-state index in [4.69, 9.17) is 0 Å². The number of rotatable bonds is 3. The van der Waals surface area contributed by atoms with Crippen molar-refractivity contribution in [2.45, 2.75) is 39.2 Å². The standard InChI is InChI=1S/C15H26N4O/c1-15(2,3)19-9-7-16-13(14(19)20)17-10-12-6-5-8-18(4)11-12/h7,9,12H,5-6,8,10-11H2,1-4H3,(H,16,17). The molecular weight excluding hydrogens is 252 g/mol. The van der Waals surface area contributed by atoms with E-state index in [2.05, 4.69) is 22.2 Å². The van der Waals surface area contributed by atoms with Crippen molar-refractivity contribution in [1.29, 1.82) is 0 Å². The Kier molecular flexibility index (Phi) is 4.48. The first-order chi connectivity index (χ1) is 9.38. The maximum atomic E-state index is 12.4. The fourth-order valence-electron chi connectivity index (χ4n) is 2.74. The van der Waals surface area contributed by atoms with Crippen LogP contribution in [0, 0.1) is 5.92 Å². The molecule has 0 saturated carbocycles. The number of piperidine rings is 1. The van der Waals surface area contributed by atoms with Crippen LogP contribution in [-0.4, -0.2) is 41.1 Å². The predicted molar refractivity (Wildman–Crippen MR) is 82.2 cm³/mol. The van der Waals surface area contributed by atoms with Gasteiger partial charge in [0, 0.05) is 31.0 Å². The monoisotopic (exact) mass is 278 g/mol. The Bertz CT molecular complexity index is 503. The minimum atomic E-state index is -0.221. The minimum Gasteiger partial charge on any atom is -0.365 e. The average Bonchev–Trinajstić information content (AvgIpc) is 2.36. The Morgan fingerprint density at radius 1 is 1.45 bits per heavy atom. The van der Waals surface area contributed by atoms with Gasteiger partial charge >= 0.3 is 0 Å². The third-order valence-corrected chi connectivity index (χ3v) is 3.84. The molecule has 2 heterocycles. The second-order valence-corrected chi connectivity index (χ2v) is 6.77. The first-order valence-corrected chi connectivity index (χ1v) is 7.38. The molecule has 2 rings (SSSR count). The molecule has 1 fully saturated rings. The number of likely N-dealkylation sites (tertiary alicyclic amines) is 1. The number of nitrogens with zero attached hydrogens (tertiary/aromatic N) is 3. The van der Waals surface area contributed by atoms with Crippen LogP contribution in [0.5, 0.6) is 0 Å². The molecular formula is C15H26N4O. The van der Waals surface area contributed by atoms with Crippen molar-refractivity contribution in [3.63, 3.8) is 0 Å². The van der Waals surface area contributed by atoms with Crippen molar-refractivity contribution in [1.82, 2.24) is 14.5 Å². The molecule has 0 radical (unpaired) electrons. The number of aromatic nitrogens is 2. The molecule has 1 unspecified atom stereocenters. The Morgan fingerprint density at radius 2 is 2.20 bits per heavy atom. The molecule has 0 amide bonds. The number of anilines is 1. The second-order valence-electron chi connectivity index (χ2n) is 6.77. The van der Waals surface area contributed by atoms with Gasteiger partial charge in [0.15, 0.2) is 5.82 Å². The normalized spacial score (nSPS) is 20.9. The summed E-state index contributed by atoms with van der Waals surface area (Å²) in [6.45, 7) is 9.15. The van der Waals surface area contributed by atoms with Gasteiger partial charge in [-0.05, 0) is 53.1 Å². The maximum absolute atomic E-state index is 12.4. The summed E-state index contributed by atoms with van der Waals surface area (Å²) in [5, 5.41) is 3.24. The first-order valence-electron chi connectivity index (χ1n) is 7.38. The zero-order valence-electron chi connectivity index (χ0n) is 13.0. The second kappa shape index (κ2) is 5.95. The smallest absolute Gasteiger partial charge is 0.293 e. The van der Waals surface area contributed by atoms with E-state index < -0.39 is 0 Å². The highest BCUT2D eigenvalue weighted by molar-refractivity contribution is 5.31. The van der Waals surface area contributed by atoms with E-state index in [0.717, 1.165) is 13.1 Å². The van der Waals surface area contributed by atoms with Crippen LogP contribution in [0.3, 0.4) is 0 Å². The lowest BCUT2D eigenvalue weighted by atomic mass is 9.98. The molecule has 1 atom stereocenters. The number of nitrogens with one attached hydrogen (secondary N) is 1. The predicted octanol–water partition coefficient (Wildman–Crippen LogP) is 1.75. The SMILES string of the molecule is CN1CCCC(CNc2nccn(C(C)(C)C)c2=O)C1. The van der Waals surface area contributed by atoms with Crippen molar-refractivity contribution < 1.29 is 0 Å². The molecule has 112 valence electrons. The molecule has 5 nitrogen and oxygen atoms in total. The Labute approximate surface area is 121 Å². The zero-order chi connectivity index (χ0) is 14.8. The third-order valence-electron chi connectivity index (χ3n) is 3.84. The summed E-state index contributed by atoms with van der Waals surface area (Å²) < 4.78 is 1.73. The van der Waals surface area contributed by atoms with Gasteiger partial charge in [0.25, 0.3) is 5.56 Å². The van der Waals surface area contributed by atoms with E-state index in [-0.39, 0.29) is 11.1 Å². The molecule has 1 aliphatic heterocycles. The number of hydrogen-bond acceptors (Lipinski definition) is 4. The van der Waals surface area contributed by atoms with Crippen LogP contribution in [0.2, 0.25) is 0 Å². The van der Waals surface area contributed by atoms with Gasteiger partial charge in [-0.3, -0.25) is 4.79 Å². The third kappa shape index (κ3) is 3.60. The van der Waals surface area contributed by atoms with Crippen LogP contribution in [-0.2, 0) is 5.54 Å². The van der Waals surface area contributed by atoms with Crippen LogP contribution in [0.25, 0.3) is 0 Å². The summed E-state index contributed by atoms with van der Waals surface area (Å²) in [6.07, 6.45) is 5.90. The van der Waals surface area contributed by atoms with Crippen molar-refractivity contribution in [2.75, 3.05) is 32.0 Å². The largest absolute Gasteiger partial charge is 0.365 e. The summed E-state index contributed by atoms with van der Waals surface area (Å²) in [4.78, 5) is 18.9. The van der Waals surface area contributed by atoms with Gasteiger partial charge in [-0.1, -0.05) is 0 Å². The molecule has 5 heteroatoms. The van der Waals surface area contributed by atoms with Gasteiger partial charge in [0.05, 0.1) is 0 Å². The van der Waals surface area contributed by atoms with E-state index in [1.807, 2.05) is 20.8 Å². The van der Waals surface area contributed by atoms with Crippen LogP contribution >= 0.6 is 0 Å². The number of hydrogen-bond donors (Lipinski definition) is 1. The van der Waals surface area contributed by atoms with Crippen molar-refractivity contribution in [3.05, 3.63) is 22.7 Å². The van der Waals surface area contributed by atoms with E-state index in [0.29, 0.717) is 11.7 Å². The first kappa shape index (κ1) is 15.0. The van der Waals surface area contributed by atoms with Gasteiger partial charge < -0.3 is 14.8 Å². The zero-order valence-corrected chi connectivity index (χ0v) is 13.0. The molecule has 1 aromatic rings. The topological polar surface area (TPSA) is 50.2 Å². The lowest BCUT2D eigenvalue weighted by Crippen LogP contribution is -2.38.